The first-order valence-corrected chi connectivity index (χ1v) is 5.36. The highest BCUT2D eigenvalue weighted by atomic mass is 32.2. The molecule has 2 N–H and O–H groups in total. The van der Waals surface area contributed by atoms with Gasteiger partial charge in [-0.3, -0.25) is 9.59 Å². The van der Waals surface area contributed by atoms with Crippen LogP contribution in [0.1, 0.15) is 19.3 Å². The SMILES string of the molecule is CSC1CC(CC(=O)O)(NC=O)C1. The number of carbonyl (C=O) groups excluding carboxylic acids is 1. The molecule has 0 aromatic carbocycles. The molecule has 1 saturated carbocycles. The van der Waals surface area contributed by atoms with Gasteiger partial charge >= 0.3 is 5.97 Å². The van der Waals surface area contributed by atoms with Crippen LogP contribution in [0.2, 0.25) is 0 Å². The van der Waals surface area contributed by atoms with Gasteiger partial charge in [0.25, 0.3) is 0 Å². The number of amides is 1. The number of carboxylic acids is 1. The Balaban J connectivity index is 2.48. The van der Waals surface area contributed by atoms with Crippen molar-refractivity contribution in [3.63, 3.8) is 0 Å². The number of carbonyl (C=O) groups is 2. The molecule has 1 fully saturated rings. The number of carboxylic acid groups (broad SMARTS) is 1. The molecule has 4 nitrogen and oxygen atoms in total. The van der Waals surface area contributed by atoms with E-state index in [1.165, 1.54) is 0 Å². The third-order valence-corrected chi connectivity index (χ3v) is 3.42. The molecule has 0 unspecified atom stereocenters. The first-order chi connectivity index (χ1) is 6.12. The van der Waals surface area contributed by atoms with Gasteiger partial charge in [-0.25, -0.2) is 0 Å². The maximum absolute atomic E-state index is 10.5. The lowest BCUT2D eigenvalue weighted by Crippen LogP contribution is -2.57. The Hall–Kier alpha value is -0.710. The van der Waals surface area contributed by atoms with Crippen molar-refractivity contribution < 1.29 is 14.7 Å². The van der Waals surface area contributed by atoms with E-state index in [0.29, 0.717) is 11.7 Å². The molecule has 1 amide bonds. The van der Waals surface area contributed by atoms with Gasteiger partial charge in [-0.15, -0.1) is 0 Å². The lowest BCUT2D eigenvalue weighted by atomic mass is 9.74. The van der Waals surface area contributed by atoms with Crippen LogP contribution in [0.4, 0.5) is 0 Å². The second kappa shape index (κ2) is 4.00. The fourth-order valence-corrected chi connectivity index (χ4v) is 2.68. The first-order valence-electron chi connectivity index (χ1n) is 4.08. The van der Waals surface area contributed by atoms with Crippen molar-refractivity contribution in [1.82, 2.24) is 5.32 Å². The second-order valence-electron chi connectivity index (χ2n) is 3.38. The second-order valence-corrected chi connectivity index (χ2v) is 4.52. The number of hydrogen-bond donors (Lipinski definition) is 2. The van der Waals surface area contributed by atoms with Gasteiger partial charge in [-0.05, 0) is 19.1 Å². The van der Waals surface area contributed by atoms with Gasteiger partial charge in [0.1, 0.15) is 0 Å². The fourth-order valence-electron chi connectivity index (χ4n) is 1.71. The van der Waals surface area contributed by atoms with E-state index in [9.17, 15) is 9.59 Å². The van der Waals surface area contributed by atoms with Crippen LogP contribution in [-0.4, -0.2) is 34.5 Å². The number of hydrogen-bond acceptors (Lipinski definition) is 3. The summed E-state index contributed by atoms with van der Waals surface area (Å²) in [6.07, 6.45) is 4.15. The van der Waals surface area contributed by atoms with Crippen LogP contribution in [-0.2, 0) is 9.59 Å². The number of thioether (sulfide) groups is 1. The maximum atomic E-state index is 10.5. The maximum Gasteiger partial charge on any atom is 0.305 e. The van der Waals surface area contributed by atoms with Crippen LogP contribution in [0, 0.1) is 0 Å². The Morgan fingerprint density at radius 3 is 2.77 bits per heavy atom. The Labute approximate surface area is 81.1 Å². The zero-order valence-corrected chi connectivity index (χ0v) is 8.26. The van der Waals surface area contributed by atoms with Crippen LogP contribution >= 0.6 is 11.8 Å². The lowest BCUT2D eigenvalue weighted by Gasteiger charge is -2.45. The van der Waals surface area contributed by atoms with E-state index < -0.39 is 11.5 Å². The molecule has 1 aliphatic carbocycles. The summed E-state index contributed by atoms with van der Waals surface area (Å²) in [5.41, 5.74) is -0.471. The predicted octanol–water partition coefficient (Wildman–Crippen LogP) is 0.471. The van der Waals surface area contributed by atoms with Crippen molar-refractivity contribution in [3.8, 4) is 0 Å². The molecule has 0 bridgehead atoms. The number of aliphatic carboxylic acids is 1. The summed E-state index contributed by atoms with van der Waals surface area (Å²) >= 11 is 1.72. The molecule has 0 heterocycles. The van der Waals surface area contributed by atoms with E-state index >= 15 is 0 Å². The summed E-state index contributed by atoms with van der Waals surface area (Å²) in [5, 5.41) is 11.7. The standard InChI is InChI=1S/C8H13NO3S/c1-13-6-2-8(3-6,9-5-10)4-7(11)12/h5-6H,2-4H2,1H3,(H,9,10)(H,11,12). The molecule has 0 aromatic rings. The van der Waals surface area contributed by atoms with Crippen molar-refractivity contribution in [2.75, 3.05) is 6.26 Å². The zero-order chi connectivity index (χ0) is 9.90. The average Bonchev–Trinajstić information content (AvgIpc) is 1.98. The van der Waals surface area contributed by atoms with Crippen LogP contribution < -0.4 is 5.32 Å². The zero-order valence-electron chi connectivity index (χ0n) is 7.45. The molecule has 0 spiro atoms. The summed E-state index contributed by atoms with van der Waals surface area (Å²) in [6, 6.07) is 0. The molecular weight excluding hydrogens is 190 g/mol. The van der Waals surface area contributed by atoms with Crippen molar-refractivity contribution in [1.29, 1.82) is 0 Å². The molecule has 13 heavy (non-hydrogen) atoms. The molecule has 5 heteroatoms. The van der Waals surface area contributed by atoms with Crippen LogP contribution in [0.15, 0.2) is 0 Å². The van der Waals surface area contributed by atoms with Crippen LogP contribution in [0.25, 0.3) is 0 Å². The highest BCUT2D eigenvalue weighted by molar-refractivity contribution is 7.99. The van der Waals surface area contributed by atoms with Gasteiger partial charge in [0, 0.05) is 5.25 Å². The number of rotatable bonds is 5. The van der Waals surface area contributed by atoms with E-state index in [0.717, 1.165) is 12.8 Å². The summed E-state index contributed by atoms with van der Waals surface area (Å²) in [4.78, 5) is 20.8. The topological polar surface area (TPSA) is 66.4 Å². The summed E-state index contributed by atoms with van der Waals surface area (Å²) in [7, 11) is 0. The Bertz CT molecular complexity index is 213. The van der Waals surface area contributed by atoms with Crippen LogP contribution in [0.3, 0.4) is 0 Å². The van der Waals surface area contributed by atoms with Gasteiger partial charge in [0.15, 0.2) is 0 Å². The molecule has 0 atom stereocenters. The minimum Gasteiger partial charge on any atom is -0.481 e. The lowest BCUT2D eigenvalue weighted by molar-refractivity contribution is -0.139. The van der Waals surface area contributed by atoms with Gasteiger partial charge in [0.2, 0.25) is 6.41 Å². The first kappa shape index (κ1) is 10.4. The van der Waals surface area contributed by atoms with E-state index in [1.807, 2.05) is 6.26 Å². The summed E-state index contributed by atoms with van der Waals surface area (Å²) < 4.78 is 0. The summed E-state index contributed by atoms with van der Waals surface area (Å²) in [5.74, 6) is -0.853. The fraction of sp³-hybridized carbons (Fsp3) is 0.750. The van der Waals surface area contributed by atoms with Crippen molar-refractivity contribution in [2.45, 2.75) is 30.1 Å². The van der Waals surface area contributed by atoms with Crippen molar-refractivity contribution in [3.05, 3.63) is 0 Å². The minimum absolute atomic E-state index is 0.0306. The predicted molar refractivity (Wildman–Crippen MR) is 50.7 cm³/mol. The molecule has 0 saturated heterocycles. The van der Waals surface area contributed by atoms with Crippen molar-refractivity contribution >= 4 is 24.1 Å². The van der Waals surface area contributed by atoms with Gasteiger partial charge in [0.05, 0.1) is 12.0 Å². The molecule has 0 radical (unpaired) electrons. The third kappa shape index (κ3) is 2.37. The Kier molecular flexibility index (Phi) is 3.19. The number of nitrogens with one attached hydrogen (secondary N) is 1. The summed E-state index contributed by atoms with van der Waals surface area (Å²) in [6.45, 7) is 0. The molecule has 0 aromatic heterocycles. The van der Waals surface area contributed by atoms with E-state index in [2.05, 4.69) is 5.32 Å². The minimum atomic E-state index is -0.853. The molecule has 1 aliphatic rings. The van der Waals surface area contributed by atoms with E-state index in [4.69, 9.17) is 5.11 Å². The van der Waals surface area contributed by atoms with Gasteiger partial charge < -0.3 is 10.4 Å². The van der Waals surface area contributed by atoms with E-state index in [-0.39, 0.29) is 6.42 Å². The quantitative estimate of drug-likeness (QED) is 0.637. The third-order valence-electron chi connectivity index (χ3n) is 2.42. The average molecular weight is 203 g/mol. The van der Waals surface area contributed by atoms with Crippen LogP contribution in [0.5, 0.6) is 0 Å². The highest BCUT2D eigenvalue weighted by Crippen LogP contribution is 2.41. The molecule has 74 valence electrons. The van der Waals surface area contributed by atoms with Crippen molar-refractivity contribution in [2.24, 2.45) is 0 Å². The smallest absolute Gasteiger partial charge is 0.305 e. The Morgan fingerprint density at radius 1 is 1.77 bits per heavy atom. The molecule has 1 rings (SSSR count). The van der Waals surface area contributed by atoms with Gasteiger partial charge in [-0.2, -0.15) is 11.8 Å². The molecule has 0 aliphatic heterocycles. The highest BCUT2D eigenvalue weighted by Gasteiger charge is 2.45. The largest absolute Gasteiger partial charge is 0.481 e. The Morgan fingerprint density at radius 2 is 2.38 bits per heavy atom. The monoisotopic (exact) mass is 203 g/mol. The molecular formula is C8H13NO3S. The van der Waals surface area contributed by atoms with Gasteiger partial charge in [-0.1, -0.05) is 0 Å². The van der Waals surface area contributed by atoms with E-state index in [1.54, 1.807) is 11.8 Å². The normalized spacial score (nSPS) is 31.9.